The summed E-state index contributed by atoms with van der Waals surface area (Å²) >= 11 is 0. The molecule has 27 heavy (non-hydrogen) atoms. The van der Waals surface area contributed by atoms with Crippen molar-refractivity contribution in [3.05, 3.63) is 71.4 Å². The second-order valence-corrected chi connectivity index (χ2v) is 7.69. The average Bonchev–Trinajstić information content (AvgIpc) is 2.66. The van der Waals surface area contributed by atoms with Crippen LogP contribution < -0.4 is 10.0 Å². The molecule has 0 fully saturated rings. The molecule has 0 atom stereocenters. The Morgan fingerprint density at radius 3 is 2.26 bits per heavy atom. The highest BCUT2D eigenvalue weighted by atomic mass is 32.2. The third kappa shape index (κ3) is 4.13. The van der Waals surface area contributed by atoms with Gasteiger partial charge in [-0.3, -0.25) is 9.59 Å². The minimum absolute atomic E-state index is 0.0661. The minimum Gasteiger partial charge on any atom is -0.396 e. The highest BCUT2D eigenvalue weighted by Gasteiger charge is 2.25. The van der Waals surface area contributed by atoms with Crippen molar-refractivity contribution in [3.8, 4) is 0 Å². The predicted molar refractivity (Wildman–Crippen MR) is 100 cm³/mol. The van der Waals surface area contributed by atoms with Gasteiger partial charge in [-0.2, -0.15) is 0 Å². The number of carbonyl (C=O) groups excluding carboxylic acids is 2. The molecule has 140 valence electrons. The number of fused-ring (bicyclic) bond motifs is 1. The molecule has 2 aromatic carbocycles. The number of allylic oxidation sites excluding steroid dienone is 2. The summed E-state index contributed by atoms with van der Waals surface area (Å²) < 4.78 is 26.6. The van der Waals surface area contributed by atoms with Gasteiger partial charge in [-0.25, -0.2) is 13.1 Å². The van der Waals surface area contributed by atoms with Gasteiger partial charge in [0.2, 0.25) is 15.8 Å². The van der Waals surface area contributed by atoms with Crippen LogP contribution in [0, 0.1) is 0 Å². The van der Waals surface area contributed by atoms with E-state index in [2.05, 4.69) is 10.0 Å². The van der Waals surface area contributed by atoms with Crippen LogP contribution in [-0.4, -0.2) is 38.2 Å². The van der Waals surface area contributed by atoms with E-state index in [1.165, 1.54) is 30.3 Å². The molecule has 0 unspecified atom stereocenters. The van der Waals surface area contributed by atoms with E-state index in [1.54, 1.807) is 24.3 Å². The smallest absolute Gasteiger partial charge is 0.240 e. The lowest BCUT2D eigenvalue weighted by Crippen LogP contribution is -2.25. The summed E-state index contributed by atoms with van der Waals surface area (Å²) in [7, 11) is -3.67. The van der Waals surface area contributed by atoms with Gasteiger partial charge in [-0.1, -0.05) is 24.3 Å². The summed E-state index contributed by atoms with van der Waals surface area (Å²) in [5.74, 6) is -0.562. The van der Waals surface area contributed by atoms with E-state index in [4.69, 9.17) is 5.11 Å². The summed E-state index contributed by atoms with van der Waals surface area (Å²) in [6.07, 6.45) is 1.57. The molecule has 1 aliphatic rings. The molecule has 0 amide bonds. The van der Waals surface area contributed by atoms with Gasteiger partial charge < -0.3 is 10.4 Å². The maximum absolute atomic E-state index is 12.5. The molecule has 0 bridgehead atoms. The summed E-state index contributed by atoms with van der Waals surface area (Å²) in [5.41, 5.74) is 1.31. The molecule has 0 spiro atoms. The first-order valence-corrected chi connectivity index (χ1v) is 9.78. The second-order valence-electron chi connectivity index (χ2n) is 5.92. The quantitative estimate of drug-likeness (QED) is 0.625. The van der Waals surface area contributed by atoms with Crippen LogP contribution in [-0.2, 0) is 10.0 Å². The SMILES string of the molecule is O=C1C=C(Nc2ccc(S(=O)(=O)NCCCO)cc2)C(=O)c2ccccc21. The fourth-order valence-electron chi connectivity index (χ4n) is 2.65. The number of benzene rings is 2. The maximum Gasteiger partial charge on any atom is 0.240 e. The lowest BCUT2D eigenvalue weighted by atomic mass is 9.92. The molecule has 1 aliphatic carbocycles. The first kappa shape index (κ1) is 19.0. The van der Waals surface area contributed by atoms with E-state index in [0.29, 0.717) is 23.2 Å². The van der Waals surface area contributed by atoms with Crippen molar-refractivity contribution in [2.24, 2.45) is 0 Å². The molecule has 7 nitrogen and oxygen atoms in total. The van der Waals surface area contributed by atoms with Crippen LogP contribution in [0.5, 0.6) is 0 Å². The number of carbonyl (C=O) groups is 2. The van der Waals surface area contributed by atoms with Gasteiger partial charge in [0.15, 0.2) is 5.78 Å². The lowest BCUT2D eigenvalue weighted by molar-refractivity contribution is 0.0985. The van der Waals surface area contributed by atoms with Gasteiger partial charge in [0.05, 0.1) is 10.6 Å². The van der Waals surface area contributed by atoms with Crippen molar-refractivity contribution in [1.29, 1.82) is 0 Å². The summed E-state index contributed by atoms with van der Waals surface area (Å²) in [6, 6.07) is 12.4. The Hall–Kier alpha value is -2.81. The largest absolute Gasteiger partial charge is 0.396 e. The Labute approximate surface area is 156 Å². The van der Waals surface area contributed by atoms with Crippen LogP contribution in [0.2, 0.25) is 0 Å². The zero-order valence-corrected chi connectivity index (χ0v) is 15.1. The second kappa shape index (κ2) is 7.83. The normalized spacial score (nSPS) is 13.9. The van der Waals surface area contributed by atoms with E-state index in [1.807, 2.05) is 0 Å². The van der Waals surface area contributed by atoms with Gasteiger partial charge in [-0.15, -0.1) is 0 Å². The molecular formula is C19H18N2O5S. The molecule has 8 heteroatoms. The topological polar surface area (TPSA) is 113 Å². The van der Waals surface area contributed by atoms with Crippen LogP contribution in [0.15, 0.2) is 65.2 Å². The molecule has 3 rings (SSSR count). The van der Waals surface area contributed by atoms with Crippen molar-refractivity contribution >= 4 is 27.3 Å². The standard InChI is InChI=1S/C19H18N2O5S/c22-11-3-10-20-27(25,26)14-8-6-13(7-9-14)21-17-12-18(23)15-4-1-2-5-16(15)19(17)24/h1-2,4-9,12,20-22H,3,10-11H2. The zero-order valence-electron chi connectivity index (χ0n) is 14.3. The number of anilines is 1. The highest BCUT2D eigenvalue weighted by molar-refractivity contribution is 7.89. The summed E-state index contributed by atoms with van der Waals surface area (Å²) in [6.45, 7) is 0.0398. The van der Waals surface area contributed by atoms with Crippen molar-refractivity contribution in [2.75, 3.05) is 18.5 Å². The van der Waals surface area contributed by atoms with E-state index < -0.39 is 10.0 Å². The number of aliphatic hydroxyl groups is 1. The van der Waals surface area contributed by atoms with Gasteiger partial charge in [0, 0.05) is 36.0 Å². The molecular weight excluding hydrogens is 368 g/mol. The molecule has 0 saturated heterocycles. The molecule has 0 radical (unpaired) electrons. The number of hydrogen-bond acceptors (Lipinski definition) is 6. The third-order valence-electron chi connectivity index (χ3n) is 4.03. The monoisotopic (exact) mass is 386 g/mol. The van der Waals surface area contributed by atoms with Crippen LogP contribution in [0.25, 0.3) is 0 Å². The fraction of sp³-hybridized carbons (Fsp3) is 0.158. The Kier molecular flexibility index (Phi) is 5.50. The van der Waals surface area contributed by atoms with Gasteiger partial charge in [0.1, 0.15) is 0 Å². The summed E-state index contributed by atoms with van der Waals surface area (Å²) in [4.78, 5) is 24.8. The van der Waals surface area contributed by atoms with Crippen LogP contribution >= 0.6 is 0 Å². The number of rotatable bonds is 7. The Bertz CT molecular complexity index is 1010. The maximum atomic E-state index is 12.5. The van der Waals surface area contributed by atoms with Crippen molar-refractivity contribution in [1.82, 2.24) is 4.72 Å². The van der Waals surface area contributed by atoms with E-state index in [-0.39, 0.29) is 35.3 Å². The average molecular weight is 386 g/mol. The van der Waals surface area contributed by atoms with Gasteiger partial charge in [-0.05, 0) is 30.7 Å². The molecule has 0 saturated carbocycles. The Balaban J connectivity index is 1.76. The number of ketones is 2. The molecule has 3 N–H and O–H groups in total. The zero-order chi connectivity index (χ0) is 19.4. The van der Waals surface area contributed by atoms with E-state index >= 15 is 0 Å². The number of nitrogens with one attached hydrogen (secondary N) is 2. The van der Waals surface area contributed by atoms with Gasteiger partial charge >= 0.3 is 0 Å². The molecule has 0 aliphatic heterocycles. The summed E-state index contributed by atoms with van der Waals surface area (Å²) in [5, 5.41) is 11.6. The van der Waals surface area contributed by atoms with Crippen LogP contribution in [0.3, 0.4) is 0 Å². The van der Waals surface area contributed by atoms with Crippen molar-refractivity contribution in [3.63, 3.8) is 0 Å². The van der Waals surface area contributed by atoms with Crippen molar-refractivity contribution < 1.29 is 23.1 Å². The number of sulfonamides is 1. The highest BCUT2D eigenvalue weighted by Crippen LogP contribution is 2.23. The van der Waals surface area contributed by atoms with E-state index in [0.717, 1.165) is 0 Å². The number of aliphatic hydroxyl groups excluding tert-OH is 1. The third-order valence-corrected chi connectivity index (χ3v) is 5.50. The van der Waals surface area contributed by atoms with Crippen molar-refractivity contribution in [2.45, 2.75) is 11.3 Å². The first-order chi connectivity index (χ1) is 12.9. The first-order valence-electron chi connectivity index (χ1n) is 8.30. The molecule has 2 aromatic rings. The number of Topliss-reactive ketones (excluding diaryl/α,β-unsaturated/α-hetero) is 1. The molecule has 0 aromatic heterocycles. The Morgan fingerprint density at radius 1 is 0.926 bits per heavy atom. The fourth-order valence-corrected chi connectivity index (χ4v) is 3.72. The lowest BCUT2D eigenvalue weighted by Gasteiger charge is -2.16. The molecule has 0 heterocycles. The number of hydrogen-bond donors (Lipinski definition) is 3. The van der Waals surface area contributed by atoms with Gasteiger partial charge in [0.25, 0.3) is 0 Å². The van der Waals surface area contributed by atoms with Crippen LogP contribution in [0.1, 0.15) is 27.1 Å². The van der Waals surface area contributed by atoms with E-state index in [9.17, 15) is 18.0 Å². The minimum atomic E-state index is -3.67. The van der Waals surface area contributed by atoms with Crippen LogP contribution in [0.4, 0.5) is 5.69 Å². The predicted octanol–water partition coefficient (Wildman–Crippen LogP) is 1.72. The Morgan fingerprint density at radius 2 is 1.59 bits per heavy atom.